The van der Waals surface area contributed by atoms with Gasteiger partial charge in [-0.2, -0.15) is 12.6 Å². The van der Waals surface area contributed by atoms with Gasteiger partial charge in [0.2, 0.25) is 0 Å². The van der Waals surface area contributed by atoms with Crippen LogP contribution in [0.2, 0.25) is 0 Å². The predicted molar refractivity (Wildman–Crippen MR) is 47.0 cm³/mol. The molecule has 0 aromatic carbocycles. The number of aliphatic carboxylic acids is 1. The largest absolute Gasteiger partial charge is 0.481 e. The third-order valence-electron chi connectivity index (χ3n) is 2.47. The summed E-state index contributed by atoms with van der Waals surface area (Å²) in [4.78, 5) is 10.8. The minimum absolute atomic E-state index is 0.282. The van der Waals surface area contributed by atoms with Gasteiger partial charge in [-0.25, -0.2) is 0 Å². The highest BCUT2D eigenvalue weighted by atomic mass is 32.1. The van der Waals surface area contributed by atoms with Crippen molar-refractivity contribution in [1.29, 1.82) is 0 Å². The molecule has 1 aliphatic rings. The Morgan fingerprint density at radius 1 is 1.73 bits per heavy atom. The molecule has 1 saturated carbocycles. The lowest BCUT2D eigenvalue weighted by Gasteiger charge is -2.32. The summed E-state index contributed by atoms with van der Waals surface area (Å²) in [7, 11) is 0. The van der Waals surface area contributed by atoms with Gasteiger partial charge in [0, 0.05) is 5.25 Å². The molecule has 0 aromatic rings. The highest BCUT2D eigenvalue weighted by molar-refractivity contribution is 7.80. The fourth-order valence-corrected chi connectivity index (χ4v) is 2.23. The van der Waals surface area contributed by atoms with Gasteiger partial charge in [0.25, 0.3) is 0 Å². The summed E-state index contributed by atoms with van der Waals surface area (Å²) < 4.78 is 0. The zero-order valence-corrected chi connectivity index (χ0v) is 7.60. The van der Waals surface area contributed by atoms with Crippen LogP contribution in [-0.4, -0.2) is 16.3 Å². The molecule has 2 unspecified atom stereocenters. The lowest BCUT2D eigenvalue weighted by atomic mass is 9.75. The van der Waals surface area contributed by atoms with E-state index in [-0.39, 0.29) is 5.25 Å². The van der Waals surface area contributed by atoms with Crippen molar-refractivity contribution in [2.75, 3.05) is 0 Å². The third-order valence-corrected chi connectivity index (χ3v) is 2.91. The van der Waals surface area contributed by atoms with E-state index in [1.807, 2.05) is 6.92 Å². The molecule has 0 spiro atoms. The van der Waals surface area contributed by atoms with Crippen molar-refractivity contribution in [3.8, 4) is 0 Å². The maximum atomic E-state index is 10.8. The summed E-state index contributed by atoms with van der Waals surface area (Å²) in [5.41, 5.74) is -0.509. The Bertz CT molecular complexity index is 169. The van der Waals surface area contributed by atoms with E-state index in [4.69, 9.17) is 5.11 Å². The molecule has 1 rings (SSSR count). The number of carboxylic acid groups (broad SMARTS) is 1. The average molecular weight is 174 g/mol. The van der Waals surface area contributed by atoms with Crippen LogP contribution >= 0.6 is 12.6 Å². The van der Waals surface area contributed by atoms with Crippen LogP contribution in [0.5, 0.6) is 0 Å². The van der Waals surface area contributed by atoms with Crippen molar-refractivity contribution in [2.45, 2.75) is 37.9 Å². The number of carboxylic acids is 1. The maximum absolute atomic E-state index is 10.8. The van der Waals surface area contributed by atoms with E-state index in [0.29, 0.717) is 6.42 Å². The first-order valence-electron chi connectivity index (χ1n) is 3.96. The Hall–Kier alpha value is -0.180. The average Bonchev–Trinajstić information content (AvgIpc) is 1.86. The summed E-state index contributed by atoms with van der Waals surface area (Å²) in [6, 6.07) is 0. The van der Waals surface area contributed by atoms with E-state index in [1.165, 1.54) is 0 Å². The van der Waals surface area contributed by atoms with Crippen LogP contribution in [0.1, 0.15) is 32.6 Å². The minimum Gasteiger partial charge on any atom is -0.481 e. The molecule has 2 nitrogen and oxygen atoms in total. The molecular formula is C8H14O2S. The van der Waals surface area contributed by atoms with Gasteiger partial charge in [-0.15, -0.1) is 0 Å². The molecule has 0 saturated heterocycles. The van der Waals surface area contributed by atoms with Crippen molar-refractivity contribution < 1.29 is 9.90 Å². The molecule has 1 N–H and O–H groups in total. The smallest absolute Gasteiger partial charge is 0.309 e. The van der Waals surface area contributed by atoms with Gasteiger partial charge >= 0.3 is 5.97 Å². The molecule has 2 atom stereocenters. The van der Waals surface area contributed by atoms with Crippen molar-refractivity contribution in [3.63, 3.8) is 0 Å². The topological polar surface area (TPSA) is 37.3 Å². The Morgan fingerprint density at radius 3 is 2.73 bits per heavy atom. The fourth-order valence-electron chi connectivity index (χ4n) is 1.65. The number of hydrogen-bond acceptors (Lipinski definition) is 2. The van der Waals surface area contributed by atoms with Gasteiger partial charge in [-0.05, 0) is 26.2 Å². The van der Waals surface area contributed by atoms with Crippen LogP contribution in [0.3, 0.4) is 0 Å². The van der Waals surface area contributed by atoms with Crippen molar-refractivity contribution in [2.24, 2.45) is 5.41 Å². The van der Waals surface area contributed by atoms with E-state index in [9.17, 15) is 4.79 Å². The summed E-state index contributed by atoms with van der Waals surface area (Å²) in [5.74, 6) is -0.670. The van der Waals surface area contributed by atoms with Gasteiger partial charge in [-0.1, -0.05) is 6.42 Å². The Morgan fingerprint density at radius 2 is 2.36 bits per heavy atom. The molecule has 0 aromatic heterocycles. The van der Waals surface area contributed by atoms with Crippen LogP contribution in [0, 0.1) is 5.41 Å². The van der Waals surface area contributed by atoms with Crippen LogP contribution in [0.4, 0.5) is 0 Å². The van der Waals surface area contributed by atoms with Crippen molar-refractivity contribution in [3.05, 3.63) is 0 Å². The van der Waals surface area contributed by atoms with E-state index in [2.05, 4.69) is 12.6 Å². The molecule has 0 radical (unpaired) electrons. The SMILES string of the molecule is CC1(C(=O)O)CCCC(S)C1. The molecule has 3 heteroatoms. The van der Waals surface area contributed by atoms with Crippen molar-refractivity contribution >= 4 is 18.6 Å². The second-order valence-electron chi connectivity index (χ2n) is 3.62. The Labute approximate surface area is 72.4 Å². The number of carbonyl (C=O) groups is 1. The Balaban J connectivity index is 2.63. The normalized spacial score (nSPS) is 38.5. The minimum atomic E-state index is -0.670. The monoisotopic (exact) mass is 174 g/mol. The van der Waals surface area contributed by atoms with E-state index >= 15 is 0 Å². The van der Waals surface area contributed by atoms with Gasteiger partial charge in [0.1, 0.15) is 0 Å². The molecule has 0 aliphatic heterocycles. The molecular weight excluding hydrogens is 160 g/mol. The van der Waals surface area contributed by atoms with Gasteiger partial charge in [0.05, 0.1) is 5.41 Å². The van der Waals surface area contributed by atoms with Crippen LogP contribution < -0.4 is 0 Å². The zero-order chi connectivity index (χ0) is 8.48. The van der Waals surface area contributed by atoms with E-state index < -0.39 is 11.4 Å². The molecule has 1 aliphatic carbocycles. The van der Waals surface area contributed by atoms with Gasteiger partial charge < -0.3 is 5.11 Å². The van der Waals surface area contributed by atoms with Crippen LogP contribution in [0.25, 0.3) is 0 Å². The predicted octanol–water partition coefficient (Wildman–Crippen LogP) is 1.95. The van der Waals surface area contributed by atoms with Crippen LogP contribution in [-0.2, 0) is 4.79 Å². The van der Waals surface area contributed by atoms with Crippen molar-refractivity contribution in [1.82, 2.24) is 0 Å². The molecule has 11 heavy (non-hydrogen) atoms. The molecule has 0 bridgehead atoms. The van der Waals surface area contributed by atoms with Crippen LogP contribution in [0.15, 0.2) is 0 Å². The summed E-state index contributed by atoms with van der Waals surface area (Å²) in [6.45, 7) is 1.82. The lowest BCUT2D eigenvalue weighted by Crippen LogP contribution is -2.33. The standard InChI is InChI=1S/C8H14O2S/c1-8(7(9)10)4-2-3-6(11)5-8/h6,11H,2-5H2,1H3,(H,9,10). The van der Waals surface area contributed by atoms with E-state index in [0.717, 1.165) is 19.3 Å². The number of rotatable bonds is 1. The van der Waals surface area contributed by atoms with E-state index in [1.54, 1.807) is 0 Å². The second kappa shape index (κ2) is 3.05. The first-order valence-corrected chi connectivity index (χ1v) is 4.48. The molecule has 1 fully saturated rings. The van der Waals surface area contributed by atoms with Gasteiger partial charge in [0.15, 0.2) is 0 Å². The number of thiol groups is 1. The fraction of sp³-hybridized carbons (Fsp3) is 0.875. The Kier molecular flexibility index (Phi) is 2.47. The molecule has 0 amide bonds. The first-order chi connectivity index (χ1) is 5.04. The number of hydrogen-bond donors (Lipinski definition) is 2. The maximum Gasteiger partial charge on any atom is 0.309 e. The second-order valence-corrected chi connectivity index (χ2v) is 4.35. The third kappa shape index (κ3) is 1.89. The molecule has 64 valence electrons. The molecule has 0 heterocycles. The van der Waals surface area contributed by atoms with Gasteiger partial charge in [-0.3, -0.25) is 4.79 Å². The lowest BCUT2D eigenvalue weighted by molar-refractivity contribution is -0.149. The zero-order valence-electron chi connectivity index (χ0n) is 6.71. The highest BCUT2D eigenvalue weighted by Crippen LogP contribution is 2.37. The highest BCUT2D eigenvalue weighted by Gasteiger charge is 2.37. The summed E-state index contributed by atoms with van der Waals surface area (Å²) in [6.07, 6.45) is 3.58. The summed E-state index contributed by atoms with van der Waals surface area (Å²) in [5, 5.41) is 9.16. The summed E-state index contributed by atoms with van der Waals surface area (Å²) >= 11 is 4.31. The first kappa shape index (κ1) is 8.91. The quantitative estimate of drug-likeness (QED) is 0.596.